The monoisotopic (exact) mass is 437 g/mol. The summed E-state index contributed by atoms with van der Waals surface area (Å²) < 4.78 is 20.2. The Kier molecular flexibility index (Phi) is 6.94. The van der Waals surface area contributed by atoms with E-state index in [1.165, 1.54) is 33.3 Å². The first-order valence-electron chi connectivity index (χ1n) is 9.66. The Bertz CT molecular complexity index is 1070. The normalized spacial score (nSPS) is 15.6. The third kappa shape index (κ3) is 4.20. The second-order valence-electron chi connectivity index (χ2n) is 6.71. The lowest BCUT2D eigenvalue weighted by Crippen LogP contribution is -2.38. The highest BCUT2D eigenvalue weighted by atomic mass is 16.5. The molecule has 2 aromatic carbocycles. The maximum Gasteiger partial charge on any atom is 0.355 e. The molecular formula is C24H23NO7. The molecule has 3 rings (SSSR count). The summed E-state index contributed by atoms with van der Waals surface area (Å²) in [5.41, 5.74) is 1.07. The first kappa shape index (κ1) is 22.6. The molecule has 1 unspecified atom stereocenters. The highest BCUT2D eigenvalue weighted by Gasteiger charge is 2.41. The number of hydrogen-bond donors (Lipinski definition) is 0. The molecule has 0 amide bonds. The van der Waals surface area contributed by atoms with Gasteiger partial charge in [0.2, 0.25) is 0 Å². The van der Waals surface area contributed by atoms with Crippen LogP contribution < -0.4 is 9.64 Å². The van der Waals surface area contributed by atoms with Gasteiger partial charge in [0.15, 0.2) is 0 Å². The summed E-state index contributed by atoms with van der Waals surface area (Å²) in [7, 11) is 5.21. The van der Waals surface area contributed by atoms with E-state index in [2.05, 4.69) is 0 Å². The number of benzene rings is 2. The van der Waals surface area contributed by atoms with E-state index < -0.39 is 23.8 Å². The van der Waals surface area contributed by atoms with E-state index in [1.807, 2.05) is 0 Å². The van der Waals surface area contributed by atoms with Crippen molar-refractivity contribution < 1.29 is 33.3 Å². The summed E-state index contributed by atoms with van der Waals surface area (Å²) in [6, 6.07) is 15.6. The minimum Gasteiger partial charge on any atom is -0.497 e. The van der Waals surface area contributed by atoms with E-state index in [0.29, 0.717) is 17.0 Å². The molecule has 1 aliphatic heterocycles. The topological polar surface area (TPSA) is 91.4 Å². The van der Waals surface area contributed by atoms with Crippen LogP contribution in [-0.2, 0) is 28.6 Å². The number of methoxy groups -OCH3 is 4. The molecule has 32 heavy (non-hydrogen) atoms. The van der Waals surface area contributed by atoms with Gasteiger partial charge in [-0.2, -0.15) is 0 Å². The predicted molar refractivity (Wildman–Crippen MR) is 116 cm³/mol. The fourth-order valence-corrected chi connectivity index (χ4v) is 3.52. The van der Waals surface area contributed by atoms with E-state index in [0.717, 1.165) is 0 Å². The van der Waals surface area contributed by atoms with Gasteiger partial charge in [-0.25, -0.2) is 14.4 Å². The summed E-state index contributed by atoms with van der Waals surface area (Å²) >= 11 is 0. The first-order valence-corrected chi connectivity index (χ1v) is 9.66. The van der Waals surface area contributed by atoms with E-state index in [-0.39, 0.29) is 17.0 Å². The molecule has 1 atom stereocenters. The molecule has 0 saturated carbocycles. The molecule has 0 spiro atoms. The molecule has 0 bridgehead atoms. The van der Waals surface area contributed by atoms with E-state index in [4.69, 9.17) is 18.9 Å². The zero-order valence-electron chi connectivity index (χ0n) is 18.2. The summed E-state index contributed by atoms with van der Waals surface area (Å²) in [6.45, 7) is 0. The zero-order valence-corrected chi connectivity index (χ0v) is 18.2. The van der Waals surface area contributed by atoms with Gasteiger partial charge >= 0.3 is 17.9 Å². The quantitative estimate of drug-likeness (QED) is 0.503. The van der Waals surface area contributed by atoms with E-state index in [9.17, 15) is 14.4 Å². The molecule has 0 aliphatic carbocycles. The van der Waals surface area contributed by atoms with Crippen molar-refractivity contribution in [2.24, 2.45) is 0 Å². The Morgan fingerprint density at radius 3 is 1.88 bits per heavy atom. The number of rotatable bonds is 6. The van der Waals surface area contributed by atoms with Crippen LogP contribution in [0.2, 0.25) is 0 Å². The number of carbonyl (C=O) groups excluding carboxylic acids is 3. The Labute approximate surface area is 185 Å². The number of nitrogens with zero attached hydrogens (tertiary/aromatic N) is 1. The lowest BCUT2D eigenvalue weighted by Gasteiger charge is -2.34. The molecule has 8 heteroatoms. The van der Waals surface area contributed by atoms with Crippen molar-refractivity contribution in [3.8, 4) is 5.75 Å². The zero-order chi connectivity index (χ0) is 23.3. The highest BCUT2D eigenvalue weighted by Crippen LogP contribution is 2.40. The van der Waals surface area contributed by atoms with Crippen molar-refractivity contribution in [1.29, 1.82) is 0 Å². The molecule has 1 heterocycles. The van der Waals surface area contributed by atoms with Gasteiger partial charge in [0.1, 0.15) is 17.1 Å². The van der Waals surface area contributed by atoms with Crippen LogP contribution >= 0.6 is 0 Å². The number of para-hydroxylation sites is 1. The van der Waals surface area contributed by atoms with Gasteiger partial charge in [0, 0.05) is 11.6 Å². The minimum atomic E-state index is -0.803. The summed E-state index contributed by atoms with van der Waals surface area (Å²) in [6.07, 6.45) is 1.57. The number of carbonyl (C=O) groups is 3. The van der Waals surface area contributed by atoms with Crippen LogP contribution in [-0.4, -0.2) is 46.3 Å². The molecule has 1 aliphatic rings. The van der Waals surface area contributed by atoms with Crippen molar-refractivity contribution in [2.45, 2.75) is 5.92 Å². The molecule has 0 aromatic heterocycles. The van der Waals surface area contributed by atoms with Gasteiger partial charge in [-0.1, -0.05) is 30.3 Å². The van der Waals surface area contributed by atoms with E-state index in [1.54, 1.807) is 60.7 Å². The molecule has 0 radical (unpaired) electrons. The van der Waals surface area contributed by atoms with Crippen molar-refractivity contribution in [1.82, 2.24) is 0 Å². The maximum absolute atomic E-state index is 13.0. The van der Waals surface area contributed by atoms with Gasteiger partial charge in [-0.05, 0) is 35.9 Å². The Morgan fingerprint density at radius 1 is 0.750 bits per heavy atom. The second-order valence-corrected chi connectivity index (χ2v) is 6.71. The van der Waals surface area contributed by atoms with Gasteiger partial charge in [0.25, 0.3) is 0 Å². The fourth-order valence-electron chi connectivity index (χ4n) is 3.52. The third-order valence-electron chi connectivity index (χ3n) is 5.02. The lowest BCUT2D eigenvalue weighted by molar-refractivity contribution is -0.140. The summed E-state index contributed by atoms with van der Waals surface area (Å²) in [5.74, 6) is -2.38. The summed E-state index contributed by atoms with van der Waals surface area (Å²) in [5, 5.41) is 0. The van der Waals surface area contributed by atoms with Crippen LogP contribution in [0.1, 0.15) is 11.5 Å². The average Bonchev–Trinajstić information content (AvgIpc) is 2.86. The van der Waals surface area contributed by atoms with E-state index >= 15 is 0 Å². The molecule has 0 saturated heterocycles. The molecule has 166 valence electrons. The van der Waals surface area contributed by atoms with Crippen LogP contribution in [0.25, 0.3) is 0 Å². The van der Waals surface area contributed by atoms with Gasteiger partial charge < -0.3 is 18.9 Å². The lowest BCUT2D eigenvalue weighted by atomic mass is 9.85. The van der Waals surface area contributed by atoms with Crippen molar-refractivity contribution in [3.63, 3.8) is 0 Å². The third-order valence-corrected chi connectivity index (χ3v) is 5.02. The number of allylic oxidation sites excluding steroid dienone is 1. The Hall–Kier alpha value is -4.07. The molecular weight excluding hydrogens is 414 g/mol. The second kappa shape index (κ2) is 9.82. The first-order chi connectivity index (χ1) is 15.5. The SMILES string of the molecule is COC(=O)C1=CC(c2ccc(OC)cc2)C(C(=O)OC)=C(C(=O)OC)N1c1ccccc1. The van der Waals surface area contributed by atoms with Gasteiger partial charge in [-0.3, -0.25) is 4.90 Å². The predicted octanol–water partition coefficient (Wildman–Crippen LogP) is 2.96. The van der Waals surface area contributed by atoms with Gasteiger partial charge in [0.05, 0.1) is 34.0 Å². The fraction of sp³-hybridized carbons (Fsp3) is 0.208. The average molecular weight is 437 g/mol. The van der Waals surface area contributed by atoms with Crippen LogP contribution in [0.3, 0.4) is 0 Å². The Morgan fingerprint density at radius 2 is 1.34 bits per heavy atom. The largest absolute Gasteiger partial charge is 0.497 e. The number of esters is 3. The Balaban J connectivity index is 2.34. The highest BCUT2D eigenvalue weighted by molar-refractivity contribution is 6.09. The number of anilines is 1. The number of ether oxygens (including phenoxy) is 4. The number of hydrogen-bond acceptors (Lipinski definition) is 8. The molecule has 0 N–H and O–H groups in total. The molecule has 2 aromatic rings. The maximum atomic E-state index is 13.0. The van der Waals surface area contributed by atoms with Gasteiger partial charge in [-0.15, -0.1) is 0 Å². The van der Waals surface area contributed by atoms with Crippen molar-refractivity contribution >= 4 is 23.6 Å². The smallest absolute Gasteiger partial charge is 0.355 e. The standard InChI is InChI=1S/C24H23NO7/c1-29-17-12-10-15(11-13-17)18-14-19(22(26)30-2)25(16-8-6-5-7-9-16)21(24(28)32-4)20(18)23(27)31-3/h5-14,18H,1-4H3. The summed E-state index contributed by atoms with van der Waals surface area (Å²) in [4.78, 5) is 40.1. The molecule has 0 fully saturated rings. The van der Waals surface area contributed by atoms with Crippen LogP contribution in [0, 0.1) is 0 Å². The van der Waals surface area contributed by atoms with Crippen LogP contribution in [0.15, 0.2) is 77.6 Å². The van der Waals surface area contributed by atoms with Crippen molar-refractivity contribution in [2.75, 3.05) is 33.3 Å². The van der Waals surface area contributed by atoms with Crippen LogP contribution in [0.4, 0.5) is 5.69 Å². The van der Waals surface area contributed by atoms with Crippen LogP contribution in [0.5, 0.6) is 5.75 Å². The molecule has 8 nitrogen and oxygen atoms in total. The minimum absolute atomic E-state index is 0.0287. The van der Waals surface area contributed by atoms with Crippen molar-refractivity contribution in [3.05, 3.63) is 83.2 Å².